The molecule has 1 aliphatic rings. The van der Waals surface area contributed by atoms with Gasteiger partial charge in [-0.15, -0.1) is 6.58 Å². The zero-order valence-electron chi connectivity index (χ0n) is 18.1. The summed E-state index contributed by atoms with van der Waals surface area (Å²) in [6.45, 7) is 4.08. The maximum Gasteiger partial charge on any atom is 0.335 e. The number of thioether (sulfide) groups is 1. The van der Waals surface area contributed by atoms with Gasteiger partial charge in [0.2, 0.25) is 0 Å². The average molecular weight is 472 g/mol. The molecule has 6 nitrogen and oxygen atoms in total. The number of aromatic carboxylic acids is 1. The number of carboxylic acid groups (broad SMARTS) is 1. The summed E-state index contributed by atoms with van der Waals surface area (Å²) in [7, 11) is 0. The normalized spacial score (nSPS) is 14.5. The second-order valence-electron chi connectivity index (χ2n) is 7.50. The molecular formula is C27H21NO5S. The minimum absolute atomic E-state index is 0.220. The molecule has 3 aromatic carbocycles. The number of ether oxygens (including phenoxy) is 1. The third-order valence-corrected chi connectivity index (χ3v) is 6.02. The van der Waals surface area contributed by atoms with Crippen molar-refractivity contribution in [3.05, 3.63) is 113 Å². The lowest BCUT2D eigenvalue weighted by Gasteiger charge is -2.12. The number of anilines is 1. The van der Waals surface area contributed by atoms with Gasteiger partial charge in [-0.25, -0.2) is 9.69 Å². The fourth-order valence-electron chi connectivity index (χ4n) is 3.47. The summed E-state index contributed by atoms with van der Waals surface area (Å²) in [6, 6.07) is 20.9. The number of carbonyl (C=O) groups excluding carboxylic acids is 2. The molecule has 1 saturated heterocycles. The van der Waals surface area contributed by atoms with Crippen molar-refractivity contribution in [3.63, 3.8) is 0 Å². The highest BCUT2D eigenvalue weighted by Crippen LogP contribution is 2.36. The first-order chi connectivity index (χ1) is 16.5. The number of hydrogen-bond donors (Lipinski definition) is 1. The van der Waals surface area contributed by atoms with Crippen LogP contribution in [0, 0.1) is 0 Å². The van der Waals surface area contributed by atoms with Crippen molar-refractivity contribution in [1.29, 1.82) is 0 Å². The summed E-state index contributed by atoms with van der Waals surface area (Å²) < 4.78 is 5.96. The Kier molecular flexibility index (Phi) is 6.94. The molecule has 1 heterocycles. The van der Waals surface area contributed by atoms with Gasteiger partial charge in [0.25, 0.3) is 11.1 Å². The number of para-hydroxylation sites is 1. The van der Waals surface area contributed by atoms with Crippen LogP contribution < -0.4 is 9.64 Å². The van der Waals surface area contributed by atoms with E-state index >= 15 is 0 Å². The first-order valence-electron chi connectivity index (χ1n) is 10.5. The van der Waals surface area contributed by atoms with Gasteiger partial charge in [-0.1, -0.05) is 42.5 Å². The molecule has 0 aliphatic carbocycles. The van der Waals surface area contributed by atoms with Gasteiger partial charge in [0.15, 0.2) is 0 Å². The number of carboxylic acids is 1. The molecule has 2 amide bonds. The van der Waals surface area contributed by atoms with Crippen LogP contribution in [0.4, 0.5) is 10.5 Å². The van der Waals surface area contributed by atoms with Crippen LogP contribution >= 0.6 is 11.8 Å². The third-order valence-electron chi connectivity index (χ3n) is 5.15. The first kappa shape index (κ1) is 23.1. The topological polar surface area (TPSA) is 83.9 Å². The van der Waals surface area contributed by atoms with E-state index in [4.69, 9.17) is 9.84 Å². The fourth-order valence-corrected chi connectivity index (χ4v) is 4.31. The summed E-state index contributed by atoms with van der Waals surface area (Å²) in [4.78, 5) is 37.8. The summed E-state index contributed by atoms with van der Waals surface area (Å²) >= 11 is 0.911. The van der Waals surface area contributed by atoms with Crippen molar-refractivity contribution in [3.8, 4) is 5.75 Å². The molecule has 1 aliphatic heterocycles. The highest BCUT2D eigenvalue weighted by Gasteiger charge is 2.36. The minimum atomic E-state index is -0.974. The predicted octanol–water partition coefficient (Wildman–Crippen LogP) is 5.93. The van der Waals surface area contributed by atoms with E-state index in [0.29, 0.717) is 22.8 Å². The third kappa shape index (κ3) is 5.10. The van der Waals surface area contributed by atoms with Crippen molar-refractivity contribution in [2.24, 2.45) is 0 Å². The van der Waals surface area contributed by atoms with E-state index in [1.165, 1.54) is 17.0 Å². The number of nitrogens with zero attached hydrogens (tertiary/aromatic N) is 1. The molecule has 0 bridgehead atoms. The van der Waals surface area contributed by atoms with Gasteiger partial charge in [-0.3, -0.25) is 9.59 Å². The second-order valence-corrected chi connectivity index (χ2v) is 8.50. The van der Waals surface area contributed by atoms with Gasteiger partial charge in [-0.05, 0) is 77.3 Å². The Hall–Kier alpha value is -4.10. The lowest BCUT2D eigenvalue weighted by Crippen LogP contribution is -2.27. The molecule has 0 spiro atoms. The molecule has 1 fully saturated rings. The number of allylic oxidation sites excluding steroid dienone is 1. The smallest absolute Gasteiger partial charge is 0.335 e. The molecule has 0 saturated carbocycles. The monoisotopic (exact) mass is 471 g/mol. The second kappa shape index (κ2) is 10.2. The molecule has 0 unspecified atom stereocenters. The van der Waals surface area contributed by atoms with Crippen molar-refractivity contribution in [2.45, 2.75) is 13.0 Å². The molecule has 3 aromatic rings. The number of carbonyl (C=O) groups is 3. The fraction of sp³-hybridized carbons (Fsp3) is 0.0741. The van der Waals surface area contributed by atoms with Crippen molar-refractivity contribution >= 4 is 40.6 Å². The lowest BCUT2D eigenvalue weighted by atomic mass is 10.1. The standard InChI is InChI=1S/C27H21NO5S/c1-2-6-21-15-19(11-14-23(21)33-17-18-9-12-20(13-10-18)26(30)31)16-24-25(29)28(27(32)34-24)22-7-4-3-5-8-22/h2-5,7-16H,1,6,17H2,(H,30,31)/b24-16-. The molecule has 7 heteroatoms. The largest absolute Gasteiger partial charge is 0.489 e. The summed E-state index contributed by atoms with van der Waals surface area (Å²) in [5, 5.41) is 8.69. The number of benzene rings is 3. The highest BCUT2D eigenvalue weighted by molar-refractivity contribution is 8.19. The van der Waals surface area contributed by atoms with Gasteiger partial charge in [-0.2, -0.15) is 0 Å². The van der Waals surface area contributed by atoms with Crippen LogP contribution in [0.3, 0.4) is 0 Å². The molecule has 0 atom stereocenters. The summed E-state index contributed by atoms with van der Waals surface area (Å²) in [5.74, 6) is -0.661. The van der Waals surface area contributed by atoms with Crippen molar-refractivity contribution in [2.75, 3.05) is 4.90 Å². The molecule has 0 radical (unpaired) electrons. The zero-order valence-corrected chi connectivity index (χ0v) is 19.0. The van der Waals surface area contributed by atoms with E-state index in [9.17, 15) is 14.4 Å². The van der Waals surface area contributed by atoms with Crippen LogP contribution in [0.25, 0.3) is 6.08 Å². The van der Waals surface area contributed by atoms with Crippen LogP contribution in [-0.4, -0.2) is 22.2 Å². The van der Waals surface area contributed by atoms with Crippen LogP contribution in [0.2, 0.25) is 0 Å². The lowest BCUT2D eigenvalue weighted by molar-refractivity contribution is -0.113. The maximum absolute atomic E-state index is 12.9. The Morgan fingerprint density at radius 2 is 1.76 bits per heavy atom. The van der Waals surface area contributed by atoms with E-state index in [1.54, 1.807) is 48.6 Å². The number of rotatable bonds is 8. The van der Waals surface area contributed by atoms with Gasteiger partial charge >= 0.3 is 5.97 Å². The van der Waals surface area contributed by atoms with E-state index in [2.05, 4.69) is 6.58 Å². The minimum Gasteiger partial charge on any atom is -0.489 e. The maximum atomic E-state index is 12.9. The Morgan fingerprint density at radius 3 is 2.44 bits per heavy atom. The molecule has 170 valence electrons. The number of amides is 2. The van der Waals surface area contributed by atoms with Crippen molar-refractivity contribution in [1.82, 2.24) is 0 Å². The zero-order chi connectivity index (χ0) is 24.1. The predicted molar refractivity (Wildman–Crippen MR) is 133 cm³/mol. The van der Waals surface area contributed by atoms with Crippen LogP contribution in [0.1, 0.15) is 27.0 Å². The molecule has 0 aromatic heterocycles. The quantitative estimate of drug-likeness (QED) is 0.324. The Labute approximate surface area is 201 Å². The summed E-state index contributed by atoms with van der Waals surface area (Å²) in [5.41, 5.74) is 3.26. The first-order valence-corrected chi connectivity index (χ1v) is 11.3. The number of hydrogen-bond acceptors (Lipinski definition) is 5. The van der Waals surface area contributed by atoms with Crippen LogP contribution in [-0.2, 0) is 17.8 Å². The van der Waals surface area contributed by atoms with Gasteiger partial charge in [0, 0.05) is 0 Å². The van der Waals surface area contributed by atoms with Gasteiger partial charge in [0.1, 0.15) is 12.4 Å². The van der Waals surface area contributed by atoms with Gasteiger partial charge < -0.3 is 9.84 Å². The van der Waals surface area contributed by atoms with E-state index < -0.39 is 5.97 Å². The van der Waals surface area contributed by atoms with E-state index in [0.717, 1.165) is 28.5 Å². The average Bonchev–Trinajstić information content (AvgIpc) is 3.12. The SMILES string of the molecule is C=CCc1cc(/C=C2\SC(=O)N(c3ccccc3)C2=O)ccc1OCc1ccc(C(=O)O)cc1. The highest BCUT2D eigenvalue weighted by atomic mass is 32.2. The van der Waals surface area contributed by atoms with Gasteiger partial charge in [0.05, 0.1) is 16.2 Å². The van der Waals surface area contributed by atoms with E-state index in [1.807, 2.05) is 24.3 Å². The molecule has 4 rings (SSSR count). The van der Waals surface area contributed by atoms with Crippen LogP contribution in [0.15, 0.2) is 90.4 Å². The van der Waals surface area contributed by atoms with E-state index in [-0.39, 0.29) is 23.3 Å². The Bertz CT molecular complexity index is 1280. The molecular weight excluding hydrogens is 450 g/mol. The summed E-state index contributed by atoms with van der Waals surface area (Å²) in [6.07, 6.45) is 4.02. The van der Waals surface area contributed by atoms with Crippen molar-refractivity contribution < 1.29 is 24.2 Å². The Morgan fingerprint density at radius 1 is 1.03 bits per heavy atom. The van der Waals surface area contributed by atoms with Crippen LogP contribution in [0.5, 0.6) is 5.75 Å². The molecule has 1 N–H and O–H groups in total. The molecule has 34 heavy (non-hydrogen) atoms. The Balaban J connectivity index is 1.52. The number of imide groups is 1.